The summed E-state index contributed by atoms with van der Waals surface area (Å²) in [7, 11) is -1.01. The number of carbonyl (C=O) groups is 1. The summed E-state index contributed by atoms with van der Waals surface area (Å²) in [6, 6.07) is 25.6. The molecule has 5 aromatic carbocycles. The van der Waals surface area contributed by atoms with E-state index in [1.165, 1.54) is 68.5 Å². The van der Waals surface area contributed by atoms with E-state index in [-0.39, 0.29) is 22.0 Å². The fourth-order valence-electron chi connectivity index (χ4n) is 6.47. The predicted molar refractivity (Wildman–Crippen MR) is 206 cm³/mol. The van der Waals surface area contributed by atoms with Crippen molar-refractivity contribution in [2.24, 2.45) is 0 Å². The molecule has 13 heteroatoms. The number of benzene rings is 5. The highest BCUT2D eigenvalue weighted by Gasteiger charge is 2.28. The Labute approximate surface area is 306 Å². The van der Waals surface area contributed by atoms with E-state index < -0.39 is 32.2 Å². The second kappa shape index (κ2) is 16.3. The van der Waals surface area contributed by atoms with Gasteiger partial charge < -0.3 is 24.8 Å². The van der Waals surface area contributed by atoms with Crippen molar-refractivity contribution in [3.63, 3.8) is 0 Å². The fraction of sp³-hybridized carbons (Fsp3) is 0.308. The molecule has 1 saturated carbocycles. The van der Waals surface area contributed by atoms with Crippen LogP contribution in [-0.2, 0) is 31.4 Å². The minimum atomic E-state index is -4.24. The quantitative estimate of drug-likeness (QED) is 0.150. The van der Waals surface area contributed by atoms with Gasteiger partial charge in [-0.3, -0.25) is 4.79 Å². The van der Waals surface area contributed by atoms with Gasteiger partial charge in [0.25, 0.3) is 0 Å². The molecule has 5 aromatic rings. The number of rotatable bonds is 11. The molecule has 276 valence electrons. The van der Waals surface area contributed by atoms with Crippen LogP contribution in [0.3, 0.4) is 0 Å². The van der Waals surface area contributed by atoms with Gasteiger partial charge in [0.1, 0.15) is 16.7 Å². The molecule has 52 heavy (non-hydrogen) atoms. The van der Waals surface area contributed by atoms with Gasteiger partial charge in [-0.05, 0) is 74.1 Å². The van der Waals surface area contributed by atoms with E-state index in [0.29, 0.717) is 21.7 Å². The van der Waals surface area contributed by atoms with Crippen LogP contribution in [0, 0.1) is 0 Å². The standard InChI is InChI=1S/C33H33N3O7S2.C6H13N/c1-35(2)29-13-5-11-26-24(29)9-7-15-31(26)44(39,40)34-28(33(37)38)21-22-17-19-23(20-18-22)43-45(41,42)32-16-8-10-25-27(32)12-6-14-30(25)36(3)4;7-6-4-2-1-3-5-6/h5-20,28,34H,21H2,1-4H3,(H,37,38);6H,1-5,7H2/p+1. The lowest BCUT2D eigenvalue weighted by Gasteiger charge is -2.19. The van der Waals surface area contributed by atoms with Crippen LogP contribution in [0.5, 0.6) is 5.75 Å². The van der Waals surface area contributed by atoms with Crippen molar-refractivity contribution >= 4 is 59.0 Å². The van der Waals surface area contributed by atoms with Gasteiger partial charge in [-0.25, -0.2) is 8.42 Å². The van der Waals surface area contributed by atoms with Crippen molar-refractivity contribution in [3.8, 4) is 5.75 Å². The van der Waals surface area contributed by atoms with Gasteiger partial charge >= 0.3 is 16.1 Å². The van der Waals surface area contributed by atoms with Crippen molar-refractivity contribution < 1.29 is 36.7 Å². The van der Waals surface area contributed by atoms with Crippen LogP contribution < -0.4 is 24.4 Å². The molecule has 0 amide bonds. The highest BCUT2D eigenvalue weighted by atomic mass is 32.2. The van der Waals surface area contributed by atoms with E-state index in [4.69, 9.17) is 4.18 Å². The third-order valence-electron chi connectivity index (χ3n) is 9.13. The number of carboxylic acid groups (broad SMARTS) is 1. The number of nitrogens with one attached hydrogen (secondary N) is 1. The normalized spacial score (nSPS) is 14.3. The van der Waals surface area contributed by atoms with E-state index >= 15 is 0 Å². The average molecular weight is 748 g/mol. The lowest BCUT2D eigenvalue weighted by atomic mass is 9.97. The van der Waals surface area contributed by atoms with Crippen molar-refractivity contribution in [2.75, 3.05) is 38.0 Å². The van der Waals surface area contributed by atoms with Crippen LogP contribution in [0.4, 0.5) is 11.4 Å². The van der Waals surface area contributed by atoms with Crippen molar-refractivity contribution in [2.45, 2.75) is 60.4 Å². The number of anilines is 2. The monoisotopic (exact) mass is 747 g/mol. The topological polar surface area (TPSA) is 161 Å². The van der Waals surface area contributed by atoms with Gasteiger partial charge in [-0.1, -0.05) is 67.1 Å². The van der Waals surface area contributed by atoms with E-state index in [9.17, 15) is 26.7 Å². The average Bonchev–Trinajstić information content (AvgIpc) is 3.11. The molecule has 11 nitrogen and oxygen atoms in total. The number of hydrogen-bond acceptors (Lipinski definition) is 8. The van der Waals surface area contributed by atoms with Crippen LogP contribution in [0.2, 0.25) is 0 Å². The van der Waals surface area contributed by atoms with Gasteiger partial charge in [-0.2, -0.15) is 13.1 Å². The summed E-state index contributed by atoms with van der Waals surface area (Å²) in [6.45, 7) is 0. The first kappa shape index (κ1) is 38.5. The third-order valence-corrected chi connectivity index (χ3v) is 12.0. The summed E-state index contributed by atoms with van der Waals surface area (Å²) < 4.78 is 61.3. The van der Waals surface area contributed by atoms with Crippen LogP contribution in [0.25, 0.3) is 21.5 Å². The van der Waals surface area contributed by atoms with E-state index in [0.717, 1.165) is 22.8 Å². The Hall–Kier alpha value is -4.69. The number of hydrogen-bond donors (Lipinski definition) is 3. The Morgan fingerprint density at radius 3 is 1.69 bits per heavy atom. The first-order valence-corrected chi connectivity index (χ1v) is 20.1. The largest absolute Gasteiger partial charge is 0.480 e. The zero-order chi connectivity index (χ0) is 37.6. The molecule has 0 heterocycles. The molecule has 1 atom stereocenters. The maximum atomic E-state index is 13.5. The summed E-state index contributed by atoms with van der Waals surface area (Å²) in [4.78, 5) is 15.9. The molecule has 0 aromatic heterocycles. The minimum absolute atomic E-state index is 0.0132. The van der Waals surface area contributed by atoms with Crippen molar-refractivity contribution in [1.29, 1.82) is 0 Å². The Morgan fingerprint density at radius 2 is 1.21 bits per heavy atom. The lowest BCUT2D eigenvalue weighted by Crippen LogP contribution is -2.61. The molecule has 0 spiro atoms. The zero-order valence-corrected chi connectivity index (χ0v) is 31.6. The van der Waals surface area contributed by atoms with E-state index in [2.05, 4.69) is 10.5 Å². The number of carboxylic acids is 1. The molecule has 1 aliphatic carbocycles. The molecule has 1 aliphatic rings. The number of quaternary nitrogens is 1. The molecule has 0 bridgehead atoms. The van der Waals surface area contributed by atoms with Crippen molar-refractivity contribution in [1.82, 2.24) is 4.72 Å². The smallest absolute Gasteiger partial charge is 0.339 e. The molecule has 1 unspecified atom stereocenters. The zero-order valence-electron chi connectivity index (χ0n) is 29.9. The Bertz CT molecular complexity index is 2250. The summed E-state index contributed by atoms with van der Waals surface area (Å²) in [5.41, 5.74) is 6.14. The Kier molecular flexibility index (Phi) is 12.1. The molecular formula is C39H47N4O7S2+. The predicted octanol–water partition coefficient (Wildman–Crippen LogP) is 5.43. The highest BCUT2D eigenvalue weighted by molar-refractivity contribution is 7.89. The van der Waals surface area contributed by atoms with Gasteiger partial charge in [0.05, 0.1) is 10.9 Å². The van der Waals surface area contributed by atoms with Crippen LogP contribution in [-0.4, -0.2) is 68.2 Å². The van der Waals surface area contributed by atoms with E-state index in [1.54, 1.807) is 36.4 Å². The highest BCUT2D eigenvalue weighted by Crippen LogP contribution is 2.33. The summed E-state index contributed by atoms with van der Waals surface area (Å²) in [5, 5.41) is 12.4. The van der Waals surface area contributed by atoms with Gasteiger partial charge in [0.2, 0.25) is 10.0 Å². The minimum Gasteiger partial charge on any atom is -0.480 e. The summed E-state index contributed by atoms with van der Waals surface area (Å²) >= 11 is 0. The fourth-order valence-corrected chi connectivity index (χ4v) is 9.02. The lowest BCUT2D eigenvalue weighted by molar-refractivity contribution is -0.425. The second-order valence-corrected chi connectivity index (χ2v) is 16.6. The van der Waals surface area contributed by atoms with E-state index in [1.807, 2.05) is 62.3 Å². The molecular weight excluding hydrogens is 701 g/mol. The number of sulfonamides is 1. The van der Waals surface area contributed by atoms with Crippen LogP contribution in [0.1, 0.15) is 37.7 Å². The van der Waals surface area contributed by atoms with Crippen LogP contribution >= 0.6 is 0 Å². The van der Waals surface area contributed by atoms with Crippen LogP contribution in [0.15, 0.2) is 107 Å². The molecule has 0 saturated heterocycles. The molecule has 6 rings (SSSR count). The number of fused-ring (bicyclic) bond motifs is 2. The maximum Gasteiger partial charge on any atom is 0.339 e. The van der Waals surface area contributed by atoms with Gasteiger partial charge in [0.15, 0.2) is 0 Å². The Morgan fingerprint density at radius 1 is 0.731 bits per heavy atom. The van der Waals surface area contributed by atoms with Crippen molar-refractivity contribution in [3.05, 3.63) is 103 Å². The summed E-state index contributed by atoms with van der Waals surface area (Å²) in [6.07, 6.45) is 6.86. The van der Waals surface area contributed by atoms with Gasteiger partial charge in [-0.15, -0.1) is 0 Å². The Balaban J connectivity index is 0.000000668. The molecule has 0 aliphatic heterocycles. The molecule has 5 N–H and O–H groups in total. The van der Waals surface area contributed by atoms with Gasteiger partial charge in [0, 0.05) is 61.1 Å². The summed E-state index contributed by atoms with van der Waals surface area (Å²) in [5.74, 6) is -1.33. The number of nitrogens with zero attached hydrogens (tertiary/aromatic N) is 2. The second-order valence-electron chi connectivity index (χ2n) is 13.4. The molecule has 1 fully saturated rings. The first-order chi connectivity index (χ1) is 24.7. The maximum absolute atomic E-state index is 13.5. The SMILES string of the molecule is CN(C)c1cccc2c(S(=O)(=O)NC(Cc3ccc(OS(=O)(=O)c4cccc5c(N(C)C)cccc45)cc3)C(=O)O)cccc12.[NH3+]C1CCCCC1. The first-order valence-electron chi connectivity index (χ1n) is 17.2. The molecule has 0 radical (unpaired) electrons. The third kappa shape index (κ3) is 9.02. The number of aliphatic carboxylic acids is 1.